The first-order chi connectivity index (χ1) is 9.66. The molecule has 1 aromatic carbocycles. The number of fused-ring (bicyclic) bond motifs is 1. The van der Waals surface area contributed by atoms with Gasteiger partial charge in [0.05, 0.1) is 12.6 Å². The Morgan fingerprint density at radius 3 is 2.90 bits per heavy atom. The Morgan fingerprint density at radius 1 is 1.30 bits per heavy atom. The third-order valence-corrected chi connectivity index (χ3v) is 4.13. The van der Waals surface area contributed by atoms with Gasteiger partial charge in [-0.2, -0.15) is 0 Å². The summed E-state index contributed by atoms with van der Waals surface area (Å²) in [5, 5.41) is 2.79. The molecule has 0 saturated carbocycles. The Kier molecular flexibility index (Phi) is 3.44. The second-order valence-electron chi connectivity index (χ2n) is 5.36. The summed E-state index contributed by atoms with van der Waals surface area (Å²) < 4.78 is 0. The largest absolute Gasteiger partial charge is 0.354 e. The molecule has 2 aliphatic rings. The van der Waals surface area contributed by atoms with Crippen molar-refractivity contribution in [3.8, 4) is 0 Å². The molecule has 2 aliphatic heterocycles. The van der Waals surface area contributed by atoms with E-state index in [4.69, 9.17) is 0 Å². The van der Waals surface area contributed by atoms with Crippen molar-refractivity contribution in [3.05, 3.63) is 29.8 Å². The molecule has 20 heavy (non-hydrogen) atoms. The lowest BCUT2D eigenvalue weighted by atomic mass is 10.1. The van der Waals surface area contributed by atoms with Gasteiger partial charge in [-0.25, -0.2) is 0 Å². The lowest BCUT2D eigenvalue weighted by molar-refractivity contribution is -0.128. The van der Waals surface area contributed by atoms with Gasteiger partial charge in [0.2, 0.25) is 11.8 Å². The molecule has 1 atom stereocenters. The Labute approximate surface area is 118 Å². The molecule has 0 aliphatic carbocycles. The van der Waals surface area contributed by atoms with Crippen molar-refractivity contribution in [3.63, 3.8) is 0 Å². The van der Waals surface area contributed by atoms with Crippen LogP contribution in [-0.4, -0.2) is 48.9 Å². The number of anilines is 1. The Bertz CT molecular complexity index is 544. The van der Waals surface area contributed by atoms with Gasteiger partial charge >= 0.3 is 0 Å². The average Bonchev–Trinajstić information content (AvgIpc) is 2.89. The zero-order valence-electron chi connectivity index (χ0n) is 11.6. The normalized spacial score (nSPS) is 20.4. The van der Waals surface area contributed by atoms with Crippen molar-refractivity contribution in [2.45, 2.75) is 19.4 Å². The quantitative estimate of drug-likeness (QED) is 0.848. The van der Waals surface area contributed by atoms with E-state index in [1.54, 1.807) is 0 Å². The minimum absolute atomic E-state index is 0.00211. The highest BCUT2D eigenvalue weighted by molar-refractivity contribution is 5.99. The highest BCUT2D eigenvalue weighted by Crippen LogP contribution is 2.28. The maximum atomic E-state index is 12.7. The molecule has 5 nitrogen and oxygen atoms in total. The van der Waals surface area contributed by atoms with Crippen molar-refractivity contribution in [2.75, 3.05) is 31.1 Å². The van der Waals surface area contributed by atoms with Gasteiger partial charge in [0, 0.05) is 25.3 Å². The SMILES string of the molecule is CC(C(=O)N1CCc2ccccc21)N1CCNC(=O)C1. The van der Waals surface area contributed by atoms with Crippen LogP contribution in [0.5, 0.6) is 0 Å². The summed E-state index contributed by atoms with van der Waals surface area (Å²) in [6.07, 6.45) is 0.912. The number of amides is 2. The van der Waals surface area contributed by atoms with Crippen LogP contribution in [0.25, 0.3) is 0 Å². The van der Waals surface area contributed by atoms with Gasteiger partial charge in [0.25, 0.3) is 0 Å². The van der Waals surface area contributed by atoms with Crippen LogP contribution in [0.2, 0.25) is 0 Å². The van der Waals surface area contributed by atoms with Crippen LogP contribution < -0.4 is 10.2 Å². The molecule has 1 aromatic rings. The van der Waals surface area contributed by atoms with Gasteiger partial charge in [-0.05, 0) is 25.0 Å². The molecule has 1 saturated heterocycles. The summed E-state index contributed by atoms with van der Waals surface area (Å²) in [7, 11) is 0. The Hall–Kier alpha value is -1.88. The smallest absolute Gasteiger partial charge is 0.244 e. The zero-order valence-corrected chi connectivity index (χ0v) is 11.6. The van der Waals surface area contributed by atoms with Crippen LogP contribution in [0.15, 0.2) is 24.3 Å². The number of piperazine rings is 1. The minimum Gasteiger partial charge on any atom is -0.354 e. The van der Waals surface area contributed by atoms with E-state index in [-0.39, 0.29) is 17.9 Å². The van der Waals surface area contributed by atoms with Crippen LogP contribution in [0, 0.1) is 0 Å². The topological polar surface area (TPSA) is 52.7 Å². The number of carbonyl (C=O) groups excluding carboxylic acids is 2. The maximum Gasteiger partial charge on any atom is 0.244 e. The molecule has 2 amide bonds. The third kappa shape index (κ3) is 2.29. The number of nitrogens with zero attached hydrogens (tertiary/aromatic N) is 2. The number of nitrogens with one attached hydrogen (secondary N) is 1. The average molecular weight is 273 g/mol. The second kappa shape index (κ2) is 5.25. The fourth-order valence-electron chi connectivity index (χ4n) is 2.94. The highest BCUT2D eigenvalue weighted by Gasteiger charge is 2.32. The molecule has 0 aromatic heterocycles. The number of rotatable bonds is 2. The molecule has 0 spiro atoms. The summed E-state index contributed by atoms with van der Waals surface area (Å²) in [6.45, 7) is 4.29. The number of benzene rings is 1. The van der Waals surface area contributed by atoms with Crippen LogP contribution in [0.4, 0.5) is 5.69 Å². The predicted octanol–water partition coefficient (Wildman–Crippen LogP) is 0.396. The summed E-state index contributed by atoms with van der Waals surface area (Å²) >= 11 is 0. The third-order valence-electron chi connectivity index (χ3n) is 4.13. The number of para-hydroxylation sites is 1. The van der Waals surface area contributed by atoms with Crippen LogP contribution in [0.1, 0.15) is 12.5 Å². The molecule has 0 radical (unpaired) electrons. The van der Waals surface area contributed by atoms with Gasteiger partial charge in [-0.1, -0.05) is 18.2 Å². The number of carbonyl (C=O) groups is 2. The van der Waals surface area contributed by atoms with E-state index in [1.807, 2.05) is 34.9 Å². The molecule has 1 fully saturated rings. The molecule has 0 bridgehead atoms. The molecule has 2 heterocycles. The fourth-order valence-corrected chi connectivity index (χ4v) is 2.94. The van der Waals surface area contributed by atoms with Gasteiger partial charge < -0.3 is 10.2 Å². The molecular weight excluding hydrogens is 254 g/mol. The molecule has 5 heteroatoms. The van der Waals surface area contributed by atoms with E-state index in [0.29, 0.717) is 13.1 Å². The summed E-state index contributed by atoms with van der Waals surface area (Å²) in [5.74, 6) is 0.0855. The second-order valence-corrected chi connectivity index (χ2v) is 5.36. The van der Waals surface area contributed by atoms with Crippen molar-refractivity contribution in [1.29, 1.82) is 0 Å². The summed E-state index contributed by atoms with van der Waals surface area (Å²) in [6, 6.07) is 7.78. The highest BCUT2D eigenvalue weighted by atomic mass is 16.2. The lowest BCUT2D eigenvalue weighted by Gasteiger charge is -2.33. The first-order valence-corrected chi connectivity index (χ1v) is 7.07. The Balaban J connectivity index is 1.75. The summed E-state index contributed by atoms with van der Waals surface area (Å²) in [4.78, 5) is 27.9. The van der Waals surface area contributed by atoms with E-state index in [0.717, 1.165) is 25.2 Å². The first-order valence-electron chi connectivity index (χ1n) is 7.07. The monoisotopic (exact) mass is 273 g/mol. The minimum atomic E-state index is -0.257. The van der Waals surface area contributed by atoms with Crippen molar-refractivity contribution in [1.82, 2.24) is 10.2 Å². The molecule has 1 unspecified atom stereocenters. The first kappa shape index (κ1) is 13.1. The van der Waals surface area contributed by atoms with E-state index in [1.165, 1.54) is 5.56 Å². The maximum absolute atomic E-state index is 12.7. The molecule has 1 N–H and O–H groups in total. The number of hydrogen-bond acceptors (Lipinski definition) is 3. The van der Waals surface area contributed by atoms with Crippen LogP contribution in [-0.2, 0) is 16.0 Å². The predicted molar refractivity (Wildman–Crippen MR) is 76.5 cm³/mol. The standard InChI is InChI=1S/C15H19N3O2/c1-11(17-9-7-16-14(19)10-17)15(20)18-8-6-12-4-2-3-5-13(12)18/h2-5,11H,6-10H2,1H3,(H,16,19). The van der Waals surface area contributed by atoms with E-state index in [2.05, 4.69) is 11.4 Å². The van der Waals surface area contributed by atoms with Crippen molar-refractivity contribution >= 4 is 17.5 Å². The number of hydrogen-bond donors (Lipinski definition) is 1. The molecule has 106 valence electrons. The van der Waals surface area contributed by atoms with Crippen LogP contribution >= 0.6 is 0 Å². The van der Waals surface area contributed by atoms with Crippen molar-refractivity contribution < 1.29 is 9.59 Å². The lowest BCUT2D eigenvalue weighted by Crippen LogP contribution is -2.55. The van der Waals surface area contributed by atoms with Gasteiger partial charge in [-0.15, -0.1) is 0 Å². The van der Waals surface area contributed by atoms with Crippen LogP contribution in [0.3, 0.4) is 0 Å². The van der Waals surface area contributed by atoms with E-state index >= 15 is 0 Å². The van der Waals surface area contributed by atoms with Crippen molar-refractivity contribution in [2.24, 2.45) is 0 Å². The van der Waals surface area contributed by atoms with Gasteiger partial charge in [0.1, 0.15) is 0 Å². The summed E-state index contributed by atoms with van der Waals surface area (Å²) in [5.41, 5.74) is 2.25. The van der Waals surface area contributed by atoms with Gasteiger partial charge in [-0.3, -0.25) is 14.5 Å². The van der Waals surface area contributed by atoms with Gasteiger partial charge in [0.15, 0.2) is 0 Å². The molecule has 3 rings (SSSR count). The van der Waals surface area contributed by atoms with E-state index in [9.17, 15) is 9.59 Å². The Morgan fingerprint density at radius 2 is 2.10 bits per heavy atom. The zero-order chi connectivity index (χ0) is 14.1. The molecular formula is C15H19N3O2. The van der Waals surface area contributed by atoms with E-state index < -0.39 is 0 Å². The fraction of sp³-hybridized carbons (Fsp3) is 0.467.